The fourth-order valence-corrected chi connectivity index (χ4v) is 4.09. The third-order valence-electron chi connectivity index (χ3n) is 3.57. The fraction of sp³-hybridized carbons (Fsp3) is 0.500. The maximum Gasteiger partial charge on any atom is 0.302 e. The van der Waals surface area contributed by atoms with Crippen LogP contribution in [0.5, 0.6) is 0 Å². The van der Waals surface area contributed by atoms with E-state index >= 15 is 0 Å². The van der Waals surface area contributed by atoms with E-state index in [0.717, 1.165) is 31.5 Å². The Kier molecular flexibility index (Phi) is 4.35. The number of rotatable bonds is 1. The molecule has 0 aliphatic carbocycles. The Bertz CT molecular complexity index is 544. The molecule has 0 bridgehead atoms. The normalized spacial score (nSPS) is 25.8. The molecule has 2 aliphatic rings. The van der Waals surface area contributed by atoms with E-state index in [9.17, 15) is 8.42 Å². The van der Waals surface area contributed by atoms with Gasteiger partial charge in [-0.3, -0.25) is 4.72 Å². The molecule has 1 unspecified atom stereocenters. The van der Waals surface area contributed by atoms with Gasteiger partial charge in [0.15, 0.2) is 0 Å². The van der Waals surface area contributed by atoms with Gasteiger partial charge in [0, 0.05) is 19.1 Å². The zero-order valence-corrected chi connectivity index (χ0v) is 12.1. The molecule has 2 heterocycles. The predicted molar refractivity (Wildman–Crippen MR) is 77.7 cm³/mol. The van der Waals surface area contributed by atoms with Crippen molar-refractivity contribution in [2.45, 2.75) is 25.4 Å². The van der Waals surface area contributed by atoms with Crippen LogP contribution in [0.15, 0.2) is 24.3 Å². The van der Waals surface area contributed by atoms with Gasteiger partial charge in [0.25, 0.3) is 0 Å². The number of hydrogen-bond acceptors (Lipinski definition) is 3. The van der Waals surface area contributed by atoms with Gasteiger partial charge in [-0.25, -0.2) is 0 Å². The summed E-state index contributed by atoms with van der Waals surface area (Å²) < 4.78 is 28.7. The summed E-state index contributed by atoms with van der Waals surface area (Å²) in [5.41, 5.74) is 1.75. The van der Waals surface area contributed by atoms with Crippen molar-refractivity contribution in [3.05, 3.63) is 29.8 Å². The number of piperidine rings is 1. The molecule has 2 N–H and O–H groups in total. The van der Waals surface area contributed by atoms with Crippen LogP contribution >= 0.6 is 12.4 Å². The van der Waals surface area contributed by atoms with Gasteiger partial charge in [0.1, 0.15) is 0 Å². The van der Waals surface area contributed by atoms with Crippen molar-refractivity contribution in [1.82, 2.24) is 9.62 Å². The highest BCUT2D eigenvalue weighted by Gasteiger charge is 2.34. The summed E-state index contributed by atoms with van der Waals surface area (Å²) >= 11 is 0. The second kappa shape index (κ2) is 5.66. The Balaban J connectivity index is 0.00000133. The van der Waals surface area contributed by atoms with Crippen LogP contribution in [0.3, 0.4) is 0 Å². The van der Waals surface area contributed by atoms with Gasteiger partial charge in [0.05, 0.1) is 5.69 Å². The van der Waals surface area contributed by atoms with Gasteiger partial charge in [-0.05, 0) is 31.0 Å². The van der Waals surface area contributed by atoms with Crippen LogP contribution in [0.2, 0.25) is 0 Å². The molecule has 0 radical (unpaired) electrons. The number of fused-ring (bicyclic) bond motifs is 1. The SMILES string of the molecule is Cl.O=S1(=O)Nc2ccccc2CN1C1CCCNC1. The first-order chi connectivity index (χ1) is 8.67. The lowest BCUT2D eigenvalue weighted by atomic mass is 10.1. The Hall–Kier alpha value is -0.820. The largest absolute Gasteiger partial charge is 0.315 e. The number of nitrogens with one attached hydrogen (secondary N) is 2. The van der Waals surface area contributed by atoms with Crippen LogP contribution in [0, 0.1) is 0 Å². The number of nitrogens with zero attached hydrogens (tertiary/aromatic N) is 1. The van der Waals surface area contributed by atoms with E-state index < -0.39 is 10.2 Å². The van der Waals surface area contributed by atoms with E-state index in [1.165, 1.54) is 0 Å². The molecular formula is C12H18ClN3O2S. The maximum atomic E-state index is 12.2. The highest BCUT2D eigenvalue weighted by atomic mass is 35.5. The van der Waals surface area contributed by atoms with Crippen molar-refractivity contribution in [3.8, 4) is 0 Å². The van der Waals surface area contributed by atoms with Crippen molar-refractivity contribution in [2.75, 3.05) is 17.8 Å². The molecule has 0 amide bonds. The molecule has 106 valence electrons. The summed E-state index contributed by atoms with van der Waals surface area (Å²) in [6.07, 6.45) is 1.95. The Labute approximate surface area is 120 Å². The minimum atomic E-state index is -3.39. The van der Waals surface area contributed by atoms with Gasteiger partial charge in [0.2, 0.25) is 0 Å². The number of hydrogen-bond donors (Lipinski definition) is 2. The van der Waals surface area contributed by atoms with Crippen LogP contribution in [-0.2, 0) is 16.8 Å². The highest BCUT2D eigenvalue weighted by Crippen LogP contribution is 2.28. The Morgan fingerprint density at radius 2 is 2.05 bits per heavy atom. The summed E-state index contributed by atoms with van der Waals surface area (Å²) in [5, 5.41) is 3.26. The van der Waals surface area contributed by atoms with E-state index in [1.54, 1.807) is 4.31 Å². The first-order valence-corrected chi connectivity index (χ1v) is 7.69. The molecule has 5 nitrogen and oxygen atoms in total. The van der Waals surface area contributed by atoms with E-state index in [1.807, 2.05) is 24.3 Å². The van der Waals surface area contributed by atoms with Crippen LogP contribution in [0.25, 0.3) is 0 Å². The Morgan fingerprint density at radius 3 is 2.79 bits per heavy atom. The molecule has 0 aromatic heterocycles. The van der Waals surface area contributed by atoms with E-state index in [0.29, 0.717) is 12.2 Å². The molecule has 19 heavy (non-hydrogen) atoms. The molecule has 1 aromatic carbocycles. The summed E-state index contributed by atoms with van der Waals surface area (Å²) in [4.78, 5) is 0. The first-order valence-electron chi connectivity index (χ1n) is 6.25. The van der Waals surface area contributed by atoms with Crippen molar-refractivity contribution >= 4 is 28.3 Å². The quantitative estimate of drug-likeness (QED) is 0.823. The summed E-state index contributed by atoms with van der Waals surface area (Å²) in [5.74, 6) is 0. The fourth-order valence-electron chi connectivity index (χ4n) is 2.61. The minimum absolute atomic E-state index is 0. The minimum Gasteiger partial charge on any atom is -0.315 e. The third-order valence-corrected chi connectivity index (χ3v) is 5.09. The van der Waals surface area contributed by atoms with Gasteiger partial charge in [-0.1, -0.05) is 18.2 Å². The monoisotopic (exact) mass is 303 g/mol. The number of halogens is 1. The molecule has 1 saturated heterocycles. The number of para-hydroxylation sites is 1. The molecule has 0 saturated carbocycles. The lowest BCUT2D eigenvalue weighted by Gasteiger charge is -2.37. The average Bonchev–Trinajstić information content (AvgIpc) is 2.38. The van der Waals surface area contributed by atoms with Gasteiger partial charge >= 0.3 is 10.2 Å². The van der Waals surface area contributed by atoms with Crippen molar-refractivity contribution in [2.24, 2.45) is 0 Å². The standard InChI is InChI=1S/C12H17N3O2S.ClH/c16-18(17)14-12-6-2-1-4-10(12)9-15(18)11-5-3-7-13-8-11;/h1-2,4,6,11,13-14H,3,5,7-9H2;1H. The second-order valence-corrected chi connectivity index (χ2v) is 6.43. The van der Waals surface area contributed by atoms with Crippen LogP contribution in [0.4, 0.5) is 5.69 Å². The maximum absolute atomic E-state index is 12.2. The zero-order valence-electron chi connectivity index (χ0n) is 10.5. The number of benzene rings is 1. The average molecular weight is 304 g/mol. The molecular weight excluding hydrogens is 286 g/mol. The summed E-state index contributed by atoms with van der Waals surface area (Å²) in [6.45, 7) is 2.19. The third kappa shape index (κ3) is 2.86. The van der Waals surface area contributed by atoms with E-state index in [4.69, 9.17) is 0 Å². The van der Waals surface area contributed by atoms with Crippen LogP contribution in [0.1, 0.15) is 18.4 Å². The molecule has 2 aliphatic heterocycles. The molecule has 1 fully saturated rings. The lowest BCUT2D eigenvalue weighted by molar-refractivity contribution is 0.259. The van der Waals surface area contributed by atoms with E-state index in [-0.39, 0.29) is 18.4 Å². The molecule has 0 spiro atoms. The summed E-state index contributed by atoms with van der Waals surface area (Å²) in [7, 11) is -3.39. The number of anilines is 1. The molecule has 1 atom stereocenters. The van der Waals surface area contributed by atoms with Crippen LogP contribution < -0.4 is 10.0 Å². The summed E-state index contributed by atoms with van der Waals surface area (Å²) in [6, 6.07) is 7.63. The van der Waals surface area contributed by atoms with Crippen molar-refractivity contribution in [1.29, 1.82) is 0 Å². The topological polar surface area (TPSA) is 61.4 Å². The predicted octanol–water partition coefficient (Wildman–Crippen LogP) is 1.33. The van der Waals surface area contributed by atoms with E-state index in [2.05, 4.69) is 10.0 Å². The molecule has 1 aromatic rings. The van der Waals surface area contributed by atoms with Gasteiger partial charge in [-0.15, -0.1) is 12.4 Å². The molecule has 3 rings (SSSR count). The van der Waals surface area contributed by atoms with Crippen molar-refractivity contribution in [3.63, 3.8) is 0 Å². The molecule has 7 heteroatoms. The van der Waals surface area contributed by atoms with Gasteiger partial charge in [-0.2, -0.15) is 12.7 Å². The zero-order chi connectivity index (χ0) is 12.6. The highest BCUT2D eigenvalue weighted by molar-refractivity contribution is 7.90. The smallest absolute Gasteiger partial charge is 0.302 e. The lowest BCUT2D eigenvalue weighted by Crippen LogP contribution is -2.51. The first kappa shape index (κ1) is 14.6. The Morgan fingerprint density at radius 1 is 1.26 bits per heavy atom. The van der Waals surface area contributed by atoms with Crippen LogP contribution in [-0.4, -0.2) is 31.9 Å². The van der Waals surface area contributed by atoms with Gasteiger partial charge < -0.3 is 5.32 Å². The second-order valence-electron chi connectivity index (χ2n) is 4.81. The van der Waals surface area contributed by atoms with Crippen molar-refractivity contribution < 1.29 is 8.42 Å².